The molecule has 0 fully saturated rings. The van der Waals surface area contributed by atoms with Gasteiger partial charge in [-0.25, -0.2) is 10.9 Å². The number of nitrogens with zero attached hydrogens (tertiary/aromatic N) is 1. The summed E-state index contributed by atoms with van der Waals surface area (Å²) in [5, 5.41) is 10.1. The summed E-state index contributed by atoms with van der Waals surface area (Å²) in [7, 11) is 0. The minimum atomic E-state index is -0.757. The smallest absolute Gasteiger partial charge is 0.278 e. The number of phenols is 1. The summed E-state index contributed by atoms with van der Waals surface area (Å²) in [5.41, 5.74) is 0.281. The standard InChI is InChI=1S/C14H12N2O3/c15-16(13(18)10-6-2-1-3-7-10)14(19)11-8-4-5-9-12(11)17/h1-9,17H,15H2. The summed E-state index contributed by atoms with van der Waals surface area (Å²) >= 11 is 0. The number of hydrazine groups is 1. The Labute approximate surface area is 109 Å². The lowest BCUT2D eigenvalue weighted by atomic mass is 10.1. The van der Waals surface area contributed by atoms with Crippen molar-refractivity contribution in [2.24, 2.45) is 5.84 Å². The fourth-order valence-corrected chi connectivity index (χ4v) is 1.60. The zero-order chi connectivity index (χ0) is 13.8. The quantitative estimate of drug-likeness (QED) is 0.369. The largest absolute Gasteiger partial charge is 0.507 e. The van der Waals surface area contributed by atoms with Crippen LogP contribution in [0.25, 0.3) is 0 Å². The fourth-order valence-electron chi connectivity index (χ4n) is 1.60. The number of phenolic OH excluding ortho intramolecular Hbond substituents is 1. The molecule has 2 aromatic rings. The lowest BCUT2D eigenvalue weighted by Crippen LogP contribution is -2.42. The Kier molecular flexibility index (Phi) is 3.58. The highest BCUT2D eigenvalue weighted by atomic mass is 16.3. The summed E-state index contributed by atoms with van der Waals surface area (Å²) < 4.78 is 0. The molecule has 0 unspecified atom stereocenters. The van der Waals surface area contributed by atoms with E-state index in [0.717, 1.165) is 0 Å². The molecule has 0 radical (unpaired) electrons. The van der Waals surface area contributed by atoms with Crippen LogP contribution in [0, 0.1) is 0 Å². The van der Waals surface area contributed by atoms with Crippen LogP contribution in [0.2, 0.25) is 0 Å². The van der Waals surface area contributed by atoms with E-state index in [1.807, 2.05) is 0 Å². The van der Waals surface area contributed by atoms with Gasteiger partial charge in [0.15, 0.2) is 0 Å². The number of carbonyl (C=O) groups excluding carboxylic acids is 2. The molecule has 5 nitrogen and oxygen atoms in total. The van der Waals surface area contributed by atoms with Crippen LogP contribution in [0.4, 0.5) is 0 Å². The number of benzene rings is 2. The van der Waals surface area contributed by atoms with Gasteiger partial charge in [0.1, 0.15) is 5.75 Å². The SMILES string of the molecule is NN(C(=O)c1ccccc1)C(=O)c1ccccc1O. The van der Waals surface area contributed by atoms with Gasteiger partial charge >= 0.3 is 0 Å². The van der Waals surface area contributed by atoms with E-state index in [0.29, 0.717) is 10.6 Å². The van der Waals surface area contributed by atoms with Crippen LogP contribution in [0.15, 0.2) is 54.6 Å². The van der Waals surface area contributed by atoms with Crippen LogP contribution in [0.5, 0.6) is 5.75 Å². The molecule has 0 saturated carbocycles. The maximum Gasteiger partial charge on any atom is 0.278 e. The predicted molar refractivity (Wildman–Crippen MR) is 69.2 cm³/mol. The summed E-state index contributed by atoms with van der Waals surface area (Å²) in [6.07, 6.45) is 0. The molecule has 2 rings (SSSR count). The van der Waals surface area contributed by atoms with Gasteiger partial charge < -0.3 is 5.11 Å². The zero-order valence-electron chi connectivity index (χ0n) is 9.98. The Morgan fingerprint density at radius 2 is 1.47 bits per heavy atom. The van der Waals surface area contributed by atoms with Gasteiger partial charge in [-0.1, -0.05) is 30.3 Å². The highest BCUT2D eigenvalue weighted by molar-refractivity contribution is 6.10. The van der Waals surface area contributed by atoms with Crippen molar-refractivity contribution in [3.8, 4) is 5.75 Å². The van der Waals surface area contributed by atoms with Gasteiger partial charge in [-0.05, 0) is 24.3 Å². The molecule has 0 spiro atoms. The first-order chi connectivity index (χ1) is 9.11. The number of hydrogen-bond donors (Lipinski definition) is 2. The average Bonchev–Trinajstić information content (AvgIpc) is 2.46. The Morgan fingerprint density at radius 3 is 2.11 bits per heavy atom. The Balaban J connectivity index is 2.26. The van der Waals surface area contributed by atoms with E-state index in [-0.39, 0.29) is 11.3 Å². The maximum atomic E-state index is 12.0. The third-order valence-corrected chi connectivity index (χ3v) is 2.59. The van der Waals surface area contributed by atoms with Crippen molar-refractivity contribution < 1.29 is 14.7 Å². The second-order valence-electron chi connectivity index (χ2n) is 3.86. The summed E-state index contributed by atoms with van der Waals surface area (Å²) in [5.74, 6) is 3.91. The van der Waals surface area contributed by atoms with Crippen LogP contribution in [0.3, 0.4) is 0 Å². The van der Waals surface area contributed by atoms with Crippen molar-refractivity contribution in [2.75, 3.05) is 0 Å². The van der Waals surface area contributed by atoms with E-state index in [9.17, 15) is 14.7 Å². The van der Waals surface area contributed by atoms with E-state index in [1.165, 1.54) is 12.1 Å². The van der Waals surface area contributed by atoms with Crippen LogP contribution in [0.1, 0.15) is 20.7 Å². The number of rotatable bonds is 2. The second kappa shape index (κ2) is 5.32. The number of imide groups is 1. The van der Waals surface area contributed by atoms with Crippen molar-refractivity contribution in [1.29, 1.82) is 0 Å². The molecule has 0 aliphatic carbocycles. The van der Waals surface area contributed by atoms with Gasteiger partial charge in [0.25, 0.3) is 11.8 Å². The van der Waals surface area contributed by atoms with Crippen molar-refractivity contribution >= 4 is 11.8 Å². The van der Waals surface area contributed by atoms with Crippen LogP contribution >= 0.6 is 0 Å². The lowest BCUT2D eigenvalue weighted by Gasteiger charge is -2.15. The molecule has 0 aromatic heterocycles. The fraction of sp³-hybridized carbons (Fsp3) is 0. The highest BCUT2D eigenvalue weighted by Gasteiger charge is 2.22. The maximum absolute atomic E-state index is 12.0. The monoisotopic (exact) mass is 256 g/mol. The molecule has 2 aromatic carbocycles. The normalized spacial score (nSPS) is 9.95. The van der Waals surface area contributed by atoms with Crippen molar-refractivity contribution in [2.45, 2.75) is 0 Å². The van der Waals surface area contributed by atoms with Crippen molar-refractivity contribution in [3.63, 3.8) is 0 Å². The number of aromatic hydroxyl groups is 1. The minimum absolute atomic E-state index is 0.0192. The molecule has 0 aliphatic heterocycles. The zero-order valence-corrected chi connectivity index (χ0v) is 9.98. The molecular weight excluding hydrogens is 244 g/mol. The van der Waals surface area contributed by atoms with Gasteiger partial charge in [0.2, 0.25) is 0 Å². The molecular formula is C14H12N2O3. The third-order valence-electron chi connectivity index (χ3n) is 2.59. The van der Waals surface area contributed by atoms with Crippen LogP contribution < -0.4 is 5.84 Å². The summed E-state index contributed by atoms with van der Waals surface area (Å²) in [4.78, 5) is 24.0. The molecule has 0 saturated heterocycles. The number of nitrogens with two attached hydrogens (primary N) is 1. The van der Waals surface area contributed by atoms with E-state index in [4.69, 9.17) is 5.84 Å². The molecule has 3 N–H and O–H groups in total. The van der Waals surface area contributed by atoms with Gasteiger partial charge in [-0.2, -0.15) is 0 Å². The predicted octanol–water partition coefficient (Wildman–Crippen LogP) is 1.55. The van der Waals surface area contributed by atoms with E-state index in [1.54, 1.807) is 42.5 Å². The first kappa shape index (κ1) is 12.8. The summed E-state index contributed by atoms with van der Waals surface area (Å²) in [6, 6.07) is 14.1. The first-order valence-corrected chi connectivity index (χ1v) is 5.58. The topological polar surface area (TPSA) is 83.6 Å². The molecule has 96 valence electrons. The van der Waals surface area contributed by atoms with Crippen molar-refractivity contribution in [3.05, 3.63) is 65.7 Å². The molecule has 5 heteroatoms. The Hall–Kier alpha value is -2.66. The number of hydrogen-bond acceptors (Lipinski definition) is 4. The van der Waals surface area contributed by atoms with Gasteiger partial charge in [0.05, 0.1) is 5.56 Å². The lowest BCUT2D eigenvalue weighted by molar-refractivity contribution is 0.0614. The molecule has 2 amide bonds. The van der Waals surface area contributed by atoms with E-state index in [2.05, 4.69) is 0 Å². The molecule has 0 atom stereocenters. The van der Waals surface area contributed by atoms with Crippen molar-refractivity contribution in [1.82, 2.24) is 5.01 Å². The molecule has 0 heterocycles. The highest BCUT2D eigenvalue weighted by Crippen LogP contribution is 2.17. The molecule has 0 bridgehead atoms. The Bertz CT molecular complexity index is 611. The molecule has 19 heavy (non-hydrogen) atoms. The third kappa shape index (κ3) is 2.61. The first-order valence-electron chi connectivity index (χ1n) is 5.58. The number of para-hydroxylation sites is 1. The van der Waals surface area contributed by atoms with E-state index < -0.39 is 11.8 Å². The Morgan fingerprint density at radius 1 is 0.895 bits per heavy atom. The average molecular weight is 256 g/mol. The molecule has 0 aliphatic rings. The van der Waals surface area contributed by atoms with Crippen LogP contribution in [-0.2, 0) is 0 Å². The van der Waals surface area contributed by atoms with Gasteiger partial charge in [0, 0.05) is 5.56 Å². The van der Waals surface area contributed by atoms with Crippen LogP contribution in [-0.4, -0.2) is 21.9 Å². The number of amides is 2. The second-order valence-corrected chi connectivity index (χ2v) is 3.86. The minimum Gasteiger partial charge on any atom is -0.507 e. The summed E-state index contributed by atoms with van der Waals surface area (Å²) in [6.45, 7) is 0. The number of carbonyl (C=O) groups is 2. The van der Waals surface area contributed by atoms with Gasteiger partial charge in [-0.3, -0.25) is 9.59 Å². The van der Waals surface area contributed by atoms with E-state index >= 15 is 0 Å². The van der Waals surface area contributed by atoms with Gasteiger partial charge in [-0.15, -0.1) is 0 Å².